The molecular formula is C11H17N7OS. The van der Waals surface area contributed by atoms with Crippen LogP contribution in [0.1, 0.15) is 20.3 Å². The van der Waals surface area contributed by atoms with E-state index in [2.05, 4.69) is 37.3 Å². The summed E-state index contributed by atoms with van der Waals surface area (Å²) in [6.45, 7) is 5.26. The van der Waals surface area contributed by atoms with E-state index in [4.69, 9.17) is 4.74 Å². The maximum atomic E-state index is 5.36. The van der Waals surface area contributed by atoms with Crippen LogP contribution in [0.25, 0.3) is 0 Å². The monoisotopic (exact) mass is 295 g/mol. The summed E-state index contributed by atoms with van der Waals surface area (Å²) in [6.07, 6.45) is 2.48. The molecule has 108 valence electrons. The van der Waals surface area contributed by atoms with Gasteiger partial charge in [-0.3, -0.25) is 0 Å². The van der Waals surface area contributed by atoms with E-state index in [1.54, 1.807) is 4.68 Å². The molecule has 0 aliphatic heterocycles. The quantitative estimate of drug-likeness (QED) is 0.819. The van der Waals surface area contributed by atoms with Gasteiger partial charge in [-0.05, 0) is 25.1 Å². The number of ether oxygens (including phenoxy) is 1. The van der Waals surface area contributed by atoms with Crippen molar-refractivity contribution in [2.24, 2.45) is 7.05 Å². The number of aromatic nitrogens is 6. The van der Waals surface area contributed by atoms with Crippen molar-refractivity contribution >= 4 is 17.7 Å². The van der Waals surface area contributed by atoms with Gasteiger partial charge in [-0.25, -0.2) is 9.67 Å². The van der Waals surface area contributed by atoms with E-state index in [1.165, 1.54) is 18.1 Å². The predicted molar refractivity (Wildman–Crippen MR) is 74.9 cm³/mol. The third kappa shape index (κ3) is 3.80. The number of nitrogens with one attached hydrogen (secondary N) is 1. The molecular weight excluding hydrogens is 278 g/mol. The number of anilines is 1. The summed E-state index contributed by atoms with van der Waals surface area (Å²) in [6, 6.07) is 0.311. The molecule has 0 aliphatic carbocycles. The molecule has 0 fully saturated rings. The highest BCUT2D eigenvalue weighted by molar-refractivity contribution is 7.99. The Labute approximate surface area is 121 Å². The van der Waals surface area contributed by atoms with Crippen LogP contribution in [0.3, 0.4) is 0 Å². The average Bonchev–Trinajstić information content (AvgIpc) is 2.82. The van der Waals surface area contributed by atoms with Crippen molar-refractivity contribution in [1.82, 2.24) is 29.7 Å². The maximum Gasteiger partial charge on any atom is 0.322 e. The molecule has 0 bridgehead atoms. The second-order valence-corrected chi connectivity index (χ2v) is 4.79. The SMILES string of the molecule is CCCNc1nc(OCC)nc(Sc2ncnn2C)n1. The van der Waals surface area contributed by atoms with Crippen molar-refractivity contribution in [1.29, 1.82) is 0 Å². The molecule has 2 aromatic heterocycles. The Morgan fingerprint density at radius 2 is 2.15 bits per heavy atom. The normalized spacial score (nSPS) is 10.6. The highest BCUT2D eigenvalue weighted by Gasteiger charge is 2.11. The van der Waals surface area contributed by atoms with Gasteiger partial charge in [-0.2, -0.15) is 20.1 Å². The number of hydrogen-bond donors (Lipinski definition) is 1. The molecule has 0 aliphatic rings. The first-order valence-electron chi connectivity index (χ1n) is 6.37. The van der Waals surface area contributed by atoms with Gasteiger partial charge in [0.1, 0.15) is 6.33 Å². The zero-order valence-electron chi connectivity index (χ0n) is 11.7. The highest BCUT2D eigenvalue weighted by atomic mass is 32.2. The molecule has 0 saturated carbocycles. The lowest BCUT2D eigenvalue weighted by Gasteiger charge is -2.07. The Balaban J connectivity index is 2.21. The van der Waals surface area contributed by atoms with Crippen molar-refractivity contribution in [2.75, 3.05) is 18.5 Å². The summed E-state index contributed by atoms with van der Waals surface area (Å²) in [5.41, 5.74) is 0. The van der Waals surface area contributed by atoms with Gasteiger partial charge >= 0.3 is 6.01 Å². The Kier molecular flexibility index (Phi) is 5.10. The fourth-order valence-corrected chi connectivity index (χ4v) is 2.05. The summed E-state index contributed by atoms with van der Waals surface area (Å²) in [5.74, 6) is 0.509. The van der Waals surface area contributed by atoms with Gasteiger partial charge in [0, 0.05) is 13.6 Å². The summed E-state index contributed by atoms with van der Waals surface area (Å²) in [4.78, 5) is 16.9. The third-order valence-electron chi connectivity index (χ3n) is 2.25. The molecule has 1 N–H and O–H groups in total. The van der Waals surface area contributed by atoms with Crippen LogP contribution in [0.4, 0.5) is 5.95 Å². The van der Waals surface area contributed by atoms with E-state index in [0.29, 0.717) is 28.9 Å². The number of rotatable bonds is 7. The van der Waals surface area contributed by atoms with Crippen molar-refractivity contribution in [3.8, 4) is 6.01 Å². The van der Waals surface area contributed by atoms with Crippen LogP contribution >= 0.6 is 11.8 Å². The second-order valence-electron chi connectivity index (χ2n) is 3.85. The molecule has 0 amide bonds. The van der Waals surface area contributed by atoms with Gasteiger partial charge in [0.15, 0.2) is 5.16 Å². The van der Waals surface area contributed by atoms with Gasteiger partial charge in [0.25, 0.3) is 0 Å². The van der Waals surface area contributed by atoms with Crippen LogP contribution in [-0.4, -0.2) is 42.9 Å². The predicted octanol–water partition coefficient (Wildman–Crippen LogP) is 1.37. The Morgan fingerprint density at radius 3 is 2.80 bits per heavy atom. The lowest BCUT2D eigenvalue weighted by Crippen LogP contribution is -2.08. The zero-order chi connectivity index (χ0) is 14.4. The largest absolute Gasteiger partial charge is 0.464 e. The molecule has 0 spiro atoms. The van der Waals surface area contributed by atoms with Crippen molar-refractivity contribution in [2.45, 2.75) is 30.6 Å². The van der Waals surface area contributed by atoms with E-state index in [0.717, 1.165) is 13.0 Å². The van der Waals surface area contributed by atoms with Gasteiger partial charge in [0.2, 0.25) is 11.1 Å². The van der Waals surface area contributed by atoms with Gasteiger partial charge < -0.3 is 10.1 Å². The van der Waals surface area contributed by atoms with E-state index in [1.807, 2.05) is 14.0 Å². The Bertz CT molecular complexity index is 559. The van der Waals surface area contributed by atoms with E-state index < -0.39 is 0 Å². The van der Waals surface area contributed by atoms with Crippen molar-refractivity contribution in [3.05, 3.63) is 6.33 Å². The molecule has 0 saturated heterocycles. The van der Waals surface area contributed by atoms with E-state index >= 15 is 0 Å². The van der Waals surface area contributed by atoms with Gasteiger partial charge in [-0.1, -0.05) is 6.92 Å². The standard InChI is InChI=1S/C11H17N7OS/c1-4-6-12-8-15-9(19-5-2)17-10(16-8)20-11-13-7-14-18(11)3/h7H,4-6H2,1-3H3,(H,12,15,16,17). The highest BCUT2D eigenvalue weighted by Crippen LogP contribution is 2.23. The lowest BCUT2D eigenvalue weighted by atomic mass is 10.5. The van der Waals surface area contributed by atoms with Crippen molar-refractivity contribution in [3.63, 3.8) is 0 Å². The smallest absolute Gasteiger partial charge is 0.322 e. The fraction of sp³-hybridized carbons (Fsp3) is 0.545. The lowest BCUT2D eigenvalue weighted by molar-refractivity contribution is 0.308. The summed E-state index contributed by atoms with van der Waals surface area (Å²) in [5, 5.41) is 8.37. The summed E-state index contributed by atoms with van der Waals surface area (Å²) >= 11 is 1.32. The van der Waals surface area contributed by atoms with Crippen LogP contribution in [0.15, 0.2) is 16.6 Å². The number of nitrogens with zero attached hydrogens (tertiary/aromatic N) is 6. The molecule has 0 aromatic carbocycles. The third-order valence-corrected chi connectivity index (χ3v) is 3.17. The second kappa shape index (κ2) is 7.04. The van der Waals surface area contributed by atoms with Crippen LogP contribution in [0.2, 0.25) is 0 Å². The minimum atomic E-state index is 0.311. The van der Waals surface area contributed by atoms with Crippen LogP contribution in [0, 0.1) is 0 Å². The van der Waals surface area contributed by atoms with Gasteiger partial charge in [-0.15, -0.1) is 0 Å². The topological polar surface area (TPSA) is 90.6 Å². The molecule has 9 heteroatoms. The number of hydrogen-bond acceptors (Lipinski definition) is 8. The number of aryl methyl sites for hydroxylation is 1. The molecule has 20 heavy (non-hydrogen) atoms. The van der Waals surface area contributed by atoms with Gasteiger partial charge in [0.05, 0.1) is 6.61 Å². The first-order chi connectivity index (χ1) is 9.72. The molecule has 0 atom stereocenters. The molecule has 0 unspecified atom stereocenters. The molecule has 2 rings (SSSR count). The Hall–Kier alpha value is -1.90. The van der Waals surface area contributed by atoms with E-state index in [9.17, 15) is 0 Å². The Morgan fingerprint density at radius 1 is 1.30 bits per heavy atom. The first-order valence-corrected chi connectivity index (χ1v) is 7.19. The minimum Gasteiger partial charge on any atom is -0.464 e. The van der Waals surface area contributed by atoms with Crippen LogP contribution in [0.5, 0.6) is 6.01 Å². The molecule has 2 aromatic rings. The van der Waals surface area contributed by atoms with Crippen molar-refractivity contribution < 1.29 is 4.74 Å². The summed E-state index contributed by atoms with van der Waals surface area (Å²) in [7, 11) is 1.82. The minimum absolute atomic E-state index is 0.311. The zero-order valence-corrected chi connectivity index (χ0v) is 12.5. The van der Waals surface area contributed by atoms with Crippen LogP contribution < -0.4 is 10.1 Å². The fourth-order valence-electron chi connectivity index (χ4n) is 1.35. The maximum absolute atomic E-state index is 5.36. The molecule has 8 nitrogen and oxygen atoms in total. The molecule has 0 radical (unpaired) electrons. The van der Waals surface area contributed by atoms with E-state index in [-0.39, 0.29) is 0 Å². The molecule has 2 heterocycles. The van der Waals surface area contributed by atoms with Crippen LogP contribution in [-0.2, 0) is 7.05 Å². The summed E-state index contributed by atoms with van der Waals surface area (Å²) < 4.78 is 7.02. The first kappa shape index (κ1) is 14.5. The average molecular weight is 295 g/mol.